The van der Waals surface area contributed by atoms with Crippen LogP contribution in [0, 0.1) is 17.1 Å². The van der Waals surface area contributed by atoms with E-state index < -0.39 is 0 Å². The Morgan fingerprint density at radius 3 is 2.46 bits per heavy atom. The number of carbonyl (C=O) groups is 2. The topological polar surface area (TPSA) is 73.2 Å². The number of anilines is 2. The Morgan fingerprint density at radius 1 is 1.17 bits per heavy atom. The van der Waals surface area contributed by atoms with Crippen molar-refractivity contribution >= 4 is 23.2 Å². The summed E-state index contributed by atoms with van der Waals surface area (Å²) in [6.07, 6.45) is 0.0523. The number of hydrogen-bond donors (Lipinski definition) is 1. The molecule has 24 heavy (non-hydrogen) atoms. The van der Waals surface area contributed by atoms with E-state index in [2.05, 4.69) is 5.32 Å². The molecular formula is C18H16FN3O2. The summed E-state index contributed by atoms with van der Waals surface area (Å²) in [5.74, 6) is -0.946. The lowest BCUT2D eigenvalue weighted by molar-refractivity contribution is -0.117. The van der Waals surface area contributed by atoms with Crippen molar-refractivity contribution in [2.75, 3.05) is 16.8 Å². The molecule has 0 bridgehead atoms. The van der Waals surface area contributed by atoms with E-state index in [4.69, 9.17) is 5.26 Å². The summed E-state index contributed by atoms with van der Waals surface area (Å²) in [7, 11) is 0. The van der Waals surface area contributed by atoms with E-state index in [0.29, 0.717) is 16.9 Å². The number of amides is 2. The Hall–Kier alpha value is -3.20. The maximum Gasteiger partial charge on any atom is 0.226 e. The Morgan fingerprint density at radius 2 is 1.83 bits per heavy atom. The molecule has 0 fully saturated rings. The van der Waals surface area contributed by atoms with E-state index in [0.717, 1.165) is 0 Å². The van der Waals surface area contributed by atoms with Crippen LogP contribution in [0.1, 0.15) is 18.9 Å². The van der Waals surface area contributed by atoms with Crippen molar-refractivity contribution in [3.63, 3.8) is 0 Å². The van der Waals surface area contributed by atoms with Crippen LogP contribution in [0.15, 0.2) is 48.5 Å². The molecule has 1 N–H and O–H groups in total. The predicted molar refractivity (Wildman–Crippen MR) is 88.8 cm³/mol. The largest absolute Gasteiger partial charge is 0.326 e. The van der Waals surface area contributed by atoms with Crippen molar-refractivity contribution in [1.29, 1.82) is 5.26 Å². The van der Waals surface area contributed by atoms with Gasteiger partial charge in [-0.15, -0.1) is 0 Å². The first-order chi connectivity index (χ1) is 11.5. The minimum absolute atomic E-state index is 0.0523. The van der Waals surface area contributed by atoms with E-state index in [-0.39, 0.29) is 30.6 Å². The molecule has 0 atom stereocenters. The number of nitrogens with one attached hydrogen (secondary N) is 1. The standard InChI is InChI=1S/C18H16FN3O2/c1-13(23)22(17-5-3-2-4-14(17)12-20)11-10-18(24)21-16-8-6-15(19)7-9-16/h2-9H,10-11H2,1H3,(H,21,24). The highest BCUT2D eigenvalue weighted by Crippen LogP contribution is 2.20. The van der Waals surface area contributed by atoms with Crippen LogP contribution < -0.4 is 10.2 Å². The molecular weight excluding hydrogens is 309 g/mol. The van der Waals surface area contributed by atoms with Crippen LogP contribution in [0.2, 0.25) is 0 Å². The first-order valence-electron chi connectivity index (χ1n) is 7.34. The number of nitriles is 1. The summed E-state index contributed by atoms with van der Waals surface area (Å²) in [5, 5.41) is 11.8. The summed E-state index contributed by atoms with van der Waals surface area (Å²) in [6.45, 7) is 1.52. The number of nitrogens with zero attached hydrogens (tertiary/aromatic N) is 2. The number of para-hydroxylation sites is 1. The average molecular weight is 325 g/mol. The number of carbonyl (C=O) groups excluding carboxylic acids is 2. The minimum atomic E-state index is -0.385. The van der Waals surface area contributed by atoms with Crippen LogP contribution in [0.4, 0.5) is 15.8 Å². The van der Waals surface area contributed by atoms with Gasteiger partial charge in [-0.1, -0.05) is 12.1 Å². The van der Waals surface area contributed by atoms with E-state index in [9.17, 15) is 14.0 Å². The van der Waals surface area contributed by atoms with Crippen LogP contribution >= 0.6 is 0 Å². The number of hydrogen-bond acceptors (Lipinski definition) is 3. The molecule has 6 heteroatoms. The van der Waals surface area contributed by atoms with Gasteiger partial charge in [-0.3, -0.25) is 9.59 Å². The van der Waals surface area contributed by atoms with Crippen LogP contribution in [0.3, 0.4) is 0 Å². The van der Waals surface area contributed by atoms with Gasteiger partial charge in [0.1, 0.15) is 11.9 Å². The number of rotatable bonds is 5. The molecule has 0 saturated carbocycles. The summed E-state index contributed by atoms with van der Waals surface area (Å²) in [5.41, 5.74) is 1.32. The van der Waals surface area contributed by atoms with Crippen molar-refractivity contribution < 1.29 is 14.0 Å². The molecule has 2 amide bonds. The zero-order valence-corrected chi connectivity index (χ0v) is 13.1. The fourth-order valence-electron chi connectivity index (χ4n) is 2.22. The molecule has 0 aliphatic rings. The zero-order chi connectivity index (χ0) is 17.5. The normalized spacial score (nSPS) is 9.88. The summed E-state index contributed by atoms with van der Waals surface area (Å²) in [4.78, 5) is 25.3. The molecule has 0 spiro atoms. The molecule has 2 aromatic rings. The van der Waals surface area contributed by atoms with E-state index in [1.54, 1.807) is 24.3 Å². The van der Waals surface area contributed by atoms with Gasteiger partial charge in [-0.05, 0) is 36.4 Å². The van der Waals surface area contributed by atoms with E-state index in [1.807, 2.05) is 6.07 Å². The summed E-state index contributed by atoms with van der Waals surface area (Å²) >= 11 is 0. The third kappa shape index (κ3) is 4.40. The molecule has 0 heterocycles. The predicted octanol–water partition coefficient (Wildman–Crippen LogP) is 3.08. The molecule has 2 rings (SSSR count). The molecule has 0 unspecified atom stereocenters. The number of benzene rings is 2. The Labute approximate surface area is 139 Å². The number of halogens is 1. The minimum Gasteiger partial charge on any atom is -0.326 e. The summed E-state index contributed by atoms with van der Waals surface area (Å²) < 4.78 is 12.8. The van der Waals surface area contributed by atoms with Crippen molar-refractivity contribution in [1.82, 2.24) is 0 Å². The molecule has 5 nitrogen and oxygen atoms in total. The molecule has 0 aliphatic heterocycles. The lowest BCUT2D eigenvalue weighted by Gasteiger charge is -2.22. The van der Waals surface area contributed by atoms with Crippen LogP contribution in [-0.4, -0.2) is 18.4 Å². The smallest absolute Gasteiger partial charge is 0.226 e. The first kappa shape index (κ1) is 17.2. The molecule has 0 radical (unpaired) electrons. The SMILES string of the molecule is CC(=O)N(CCC(=O)Nc1ccc(F)cc1)c1ccccc1C#N. The van der Waals surface area contributed by atoms with Gasteiger partial charge in [-0.2, -0.15) is 5.26 Å². The first-order valence-corrected chi connectivity index (χ1v) is 7.34. The second-order valence-corrected chi connectivity index (χ2v) is 5.10. The average Bonchev–Trinajstić information content (AvgIpc) is 2.57. The van der Waals surface area contributed by atoms with E-state index >= 15 is 0 Å². The second kappa shape index (κ2) is 7.88. The Kier molecular flexibility index (Phi) is 5.63. The van der Waals surface area contributed by atoms with Gasteiger partial charge in [0, 0.05) is 25.6 Å². The van der Waals surface area contributed by atoms with Gasteiger partial charge in [0.15, 0.2) is 0 Å². The third-order valence-electron chi connectivity index (χ3n) is 3.39. The van der Waals surface area contributed by atoms with Crippen LogP contribution in [0.25, 0.3) is 0 Å². The van der Waals surface area contributed by atoms with Crippen molar-refractivity contribution in [3.8, 4) is 6.07 Å². The molecule has 0 aromatic heterocycles. The van der Waals surface area contributed by atoms with Crippen molar-refractivity contribution in [3.05, 3.63) is 59.9 Å². The fourth-order valence-corrected chi connectivity index (χ4v) is 2.22. The lowest BCUT2D eigenvalue weighted by Crippen LogP contribution is -2.32. The Bertz CT molecular complexity index is 782. The molecule has 122 valence electrons. The third-order valence-corrected chi connectivity index (χ3v) is 3.39. The van der Waals surface area contributed by atoms with Crippen molar-refractivity contribution in [2.45, 2.75) is 13.3 Å². The fraction of sp³-hybridized carbons (Fsp3) is 0.167. The molecule has 0 saturated heterocycles. The second-order valence-electron chi connectivity index (χ2n) is 5.10. The highest BCUT2D eigenvalue weighted by molar-refractivity contribution is 5.95. The van der Waals surface area contributed by atoms with Crippen molar-refractivity contribution in [2.24, 2.45) is 0 Å². The zero-order valence-electron chi connectivity index (χ0n) is 13.1. The highest BCUT2D eigenvalue weighted by atomic mass is 19.1. The van der Waals surface area contributed by atoms with Gasteiger partial charge in [0.05, 0.1) is 11.3 Å². The molecule has 0 aliphatic carbocycles. The van der Waals surface area contributed by atoms with Gasteiger partial charge < -0.3 is 10.2 Å². The molecule has 2 aromatic carbocycles. The quantitative estimate of drug-likeness (QED) is 0.918. The van der Waals surface area contributed by atoms with Gasteiger partial charge >= 0.3 is 0 Å². The van der Waals surface area contributed by atoms with Gasteiger partial charge in [-0.25, -0.2) is 4.39 Å². The lowest BCUT2D eigenvalue weighted by atomic mass is 10.1. The van der Waals surface area contributed by atoms with E-state index in [1.165, 1.54) is 36.1 Å². The highest BCUT2D eigenvalue weighted by Gasteiger charge is 2.16. The van der Waals surface area contributed by atoms with Crippen LogP contribution in [-0.2, 0) is 9.59 Å². The monoisotopic (exact) mass is 325 g/mol. The van der Waals surface area contributed by atoms with Crippen LogP contribution in [0.5, 0.6) is 0 Å². The maximum atomic E-state index is 12.8. The van der Waals surface area contributed by atoms with Gasteiger partial charge in [0.25, 0.3) is 0 Å². The maximum absolute atomic E-state index is 12.8. The van der Waals surface area contributed by atoms with Gasteiger partial charge in [0.2, 0.25) is 11.8 Å². The summed E-state index contributed by atoms with van der Waals surface area (Å²) in [6, 6.07) is 14.2. The Balaban J connectivity index is 2.04.